The Labute approximate surface area is 126 Å². The summed E-state index contributed by atoms with van der Waals surface area (Å²) in [6, 6.07) is 0. The summed E-state index contributed by atoms with van der Waals surface area (Å²) in [6.45, 7) is 4.42. The van der Waals surface area contributed by atoms with Gasteiger partial charge in [-0.2, -0.15) is 0 Å². The molecule has 0 aromatic heterocycles. The lowest BCUT2D eigenvalue weighted by Gasteiger charge is -2.22. The van der Waals surface area contributed by atoms with Crippen LogP contribution in [0.2, 0.25) is 0 Å². The van der Waals surface area contributed by atoms with Crippen LogP contribution in [0.15, 0.2) is 0 Å². The first kappa shape index (κ1) is 17.9. The molecule has 1 aliphatic heterocycles. The molecule has 0 spiro atoms. The second kappa shape index (κ2) is 9.00. The highest BCUT2D eigenvalue weighted by Gasteiger charge is 2.38. The van der Waals surface area contributed by atoms with Crippen molar-refractivity contribution in [3.63, 3.8) is 0 Å². The van der Waals surface area contributed by atoms with Gasteiger partial charge in [-0.3, -0.25) is 9.59 Å². The highest BCUT2D eigenvalue weighted by molar-refractivity contribution is 5.69. The predicted octanol–water partition coefficient (Wildman–Crippen LogP) is 2.19. The summed E-state index contributed by atoms with van der Waals surface area (Å²) in [5.74, 6) is -1.31. The van der Waals surface area contributed by atoms with E-state index in [1.807, 2.05) is 0 Å². The number of carbonyl (C=O) groups is 2. The molecule has 0 saturated carbocycles. The molecule has 2 unspecified atom stereocenters. The van der Waals surface area contributed by atoms with E-state index in [2.05, 4.69) is 11.7 Å². The Kier molecular flexibility index (Phi) is 7.67. The standard InChI is InChI=1S/C15H26O6/c1-4-5-6-7-14(17)19-10-12-11-20-15(2,21-12)9-8-13(16)18-3/h12H,4-11H2,1-3H3. The molecule has 0 amide bonds. The average Bonchev–Trinajstić information content (AvgIpc) is 2.85. The maximum Gasteiger partial charge on any atom is 0.305 e. The molecule has 2 atom stereocenters. The number of esters is 2. The minimum atomic E-state index is -0.812. The van der Waals surface area contributed by atoms with Crippen molar-refractivity contribution in [1.82, 2.24) is 0 Å². The van der Waals surface area contributed by atoms with Crippen LogP contribution in [0.3, 0.4) is 0 Å². The van der Waals surface area contributed by atoms with E-state index < -0.39 is 5.79 Å². The minimum absolute atomic E-state index is 0.193. The van der Waals surface area contributed by atoms with E-state index in [1.165, 1.54) is 7.11 Å². The molecule has 0 aromatic carbocycles. The number of rotatable bonds is 9. The van der Waals surface area contributed by atoms with Crippen LogP contribution in [-0.4, -0.2) is 44.2 Å². The van der Waals surface area contributed by atoms with Gasteiger partial charge in [0.05, 0.1) is 20.1 Å². The third kappa shape index (κ3) is 6.91. The predicted molar refractivity (Wildman–Crippen MR) is 75.6 cm³/mol. The van der Waals surface area contributed by atoms with Gasteiger partial charge in [0.15, 0.2) is 5.79 Å². The van der Waals surface area contributed by atoms with Gasteiger partial charge < -0.3 is 18.9 Å². The molecule has 6 heteroatoms. The molecule has 1 aliphatic rings. The summed E-state index contributed by atoms with van der Waals surface area (Å²) in [6.07, 6.45) is 3.78. The molecule has 1 rings (SSSR count). The zero-order valence-corrected chi connectivity index (χ0v) is 13.2. The van der Waals surface area contributed by atoms with Crippen molar-refractivity contribution in [3.05, 3.63) is 0 Å². The van der Waals surface area contributed by atoms with Crippen molar-refractivity contribution >= 4 is 11.9 Å². The average molecular weight is 302 g/mol. The zero-order valence-electron chi connectivity index (χ0n) is 13.2. The van der Waals surface area contributed by atoms with Crippen molar-refractivity contribution in [2.75, 3.05) is 20.3 Å². The van der Waals surface area contributed by atoms with Gasteiger partial charge in [0.25, 0.3) is 0 Å². The van der Waals surface area contributed by atoms with Gasteiger partial charge in [0.2, 0.25) is 0 Å². The lowest BCUT2D eigenvalue weighted by molar-refractivity contribution is -0.173. The van der Waals surface area contributed by atoms with Crippen molar-refractivity contribution in [2.24, 2.45) is 0 Å². The van der Waals surface area contributed by atoms with Gasteiger partial charge in [0, 0.05) is 12.8 Å². The third-order valence-electron chi connectivity index (χ3n) is 3.42. The number of hydrogen-bond donors (Lipinski definition) is 0. The SMILES string of the molecule is CCCCCC(=O)OCC1COC(C)(CCC(=O)OC)O1. The molecule has 21 heavy (non-hydrogen) atoms. The molecule has 122 valence electrons. The summed E-state index contributed by atoms with van der Waals surface area (Å²) in [7, 11) is 1.35. The summed E-state index contributed by atoms with van der Waals surface area (Å²) in [5.41, 5.74) is 0. The van der Waals surface area contributed by atoms with E-state index in [-0.39, 0.29) is 31.1 Å². The van der Waals surface area contributed by atoms with Gasteiger partial charge in [-0.05, 0) is 13.3 Å². The van der Waals surface area contributed by atoms with Gasteiger partial charge in [-0.25, -0.2) is 0 Å². The van der Waals surface area contributed by atoms with Crippen molar-refractivity contribution in [1.29, 1.82) is 0 Å². The van der Waals surface area contributed by atoms with Gasteiger partial charge in [-0.15, -0.1) is 0 Å². The first-order chi connectivity index (χ1) is 9.99. The molecule has 6 nitrogen and oxygen atoms in total. The van der Waals surface area contributed by atoms with Gasteiger partial charge in [-0.1, -0.05) is 19.8 Å². The molecule has 0 aromatic rings. The highest BCUT2D eigenvalue weighted by atomic mass is 16.7. The first-order valence-electron chi connectivity index (χ1n) is 7.53. The van der Waals surface area contributed by atoms with E-state index >= 15 is 0 Å². The number of methoxy groups -OCH3 is 1. The normalized spacial score (nSPS) is 24.8. The number of hydrogen-bond acceptors (Lipinski definition) is 6. The van der Waals surface area contributed by atoms with Crippen molar-refractivity contribution in [2.45, 2.75) is 64.3 Å². The van der Waals surface area contributed by atoms with Crippen LogP contribution >= 0.6 is 0 Å². The van der Waals surface area contributed by atoms with E-state index in [1.54, 1.807) is 6.92 Å². The summed E-state index contributed by atoms with van der Waals surface area (Å²) in [5, 5.41) is 0. The van der Waals surface area contributed by atoms with E-state index in [4.69, 9.17) is 14.2 Å². The fourth-order valence-corrected chi connectivity index (χ4v) is 2.11. The Bertz CT molecular complexity index is 343. The number of ether oxygens (including phenoxy) is 4. The quantitative estimate of drug-likeness (QED) is 0.480. The molecule has 1 saturated heterocycles. The zero-order chi connectivity index (χ0) is 15.7. The Balaban J connectivity index is 2.21. The largest absolute Gasteiger partial charge is 0.469 e. The van der Waals surface area contributed by atoms with Crippen LogP contribution in [-0.2, 0) is 28.5 Å². The number of unbranched alkanes of at least 4 members (excludes halogenated alkanes) is 2. The molecule has 1 heterocycles. The molecule has 1 fully saturated rings. The number of carbonyl (C=O) groups excluding carboxylic acids is 2. The first-order valence-corrected chi connectivity index (χ1v) is 7.53. The van der Waals surface area contributed by atoms with E-state index in [0.717, 1.165) is 19.3 Å². The van der Waals surface area contributed by atoms with Crippen LogP contribution in [0.1, 0.15) is 52.4 Å². The summed E-state index contributed by atoms with van der Waals surface area (Å²) in [4.78, 5) is 22.6. The maximum absolute atomic E-state index is 11.5. The van der Waals surface area contributed by atoms with Crippen LogP contribution in [0.5, 0.6) is 0 Å². The van der Waals surface area contributed by atoms with E-state index in [9.17, 15) is 9.59 Å². The third-order valence-corrected chi connectivity index (χ3v) is 3.42. The lowest BCUT2D eigenvalue weighted by atomic mass is 10.2. The topological polar surface area (TPSA) is 71.1 Å². The molecular weight excluding hydrogens is 276 g/mol. The summed E-state index contributed by atoms with van der Waals surface area (Å²) >= 11 is 0. The minimum Gasteiger partial charge on any atom is -0.469 e. The second-order valence-electron chi connectivity index (χ2n) is 5.40. The Hall–Kier alpha value is -1.14. The van der Waals surface area contributed by atoms with Crippen molar-refractivity contribution < 1.29 is 28.5 Å². The molecule has 0 bridgehead atoms. The second-order valence-corrected chi connectivity index (χ2v) is 5.40. The Morgan fingerprint density at radius 3 is 2.67 bits per heavy atom. The van der Waals surface area contributed by atoms with Crippen LogP contribution < -0.4 is 0 Å². The fraction of sp³-hybridized carbons (Fsp3) is 0.867. The summed E-state index contributed by atoms with van der Waals surface area (Å²) < 4.78 is 21.0. The smallest absolute Gasteiger partial charge is 0.305 e. The Morgan fingerprint density at radius 2 is 2.00 bits per heavy atom. The molecule has 0 N–H and O–H groups in total. The van der Waals surface area contributed by atoms with Crippen LogP contribution in [0.4, 0.5) is 0 Å². The van der Waals surface area contributed by atoms with Crippen LogP contribution in [0.25, 0.3) is 0 Å². The highest BCUT2D eigenvalue weighted by Crippen LogP contribution is 2.28. The fourth-order valence-electron chi connectivity index (χ4n) is 2.11. The van der Waals surface area contributed by atoms with Crippen molar-refractivity contribution in [3.8, 4) is 0 Å². The van der Waals surface area contributed by atoms with E-state index in [0.29, 0.717) is 19.4 Å². The molecular formula is C15H26O6. The molecule has 0 aliphatic carbocycles. The lowest BCUT2D eigenvalue weighted by Crippen LogP contribution is -2.29. The van der Waals surface area contributed by atoms with Gasteiger partial charge >= 0.3 is 11.9 Å². The van der Waals surface area contributed by atoms with Gasteiger partial charge in [0.1, 0.15) is 12.7 Å². The monoisotopic (exact) mass is 302 g/mol. The Morgan fingerprint density at radius 1 is 1.24 bits per heavy atom. The molecule has 0 radical (unpaired) electrons. The maximum atomic E-state index is 11.5. The van der Waals surface area contributed by atoms with Crippen LogP contribution in [0, 0.1) is 0 Å².